The van der Waals surface area contributed by atoms with Crippen molar-refractivity contribution in [2.24, 2.45) is 10.8 Å². The number of ether oxygens (including phenoxy) is 1. The topological polar surface area (TPSA) is 33.5 Å². The van der Waals surface area contributed by atoms with Crippen molar-refractivity contribution in [2.45, 2.75) is 127 Å². The van der Waals surface area contributed by atoms with Gasteiger partial charge in [-0.05, 0) is 111 Å². The van der Waals surface area contributed by atoms with E-state index in [2.05, 4.69) is 233 Å². The summed E-state index contributed by atoms with van der Waals surface area (Å²) in [6, 6.07) is 42.5. The van der Waals surface area contributed by atoms with Crippen molar-refractivity contribution in [3.05, 3.63) is 155 Å². The predicted octanol–water partition coefficient (Wildman–Crippen LogP) is 16.9. The Balaban J connectivity index is 1.23. The van der Waals surface area contributed by atoms with Gasteiger partial charge in [-0.1, -0.05) is 152 Å². The summed E-state index contributed by atoms with van der Waals surface area (Å²) >= 11 is 0. The highest BCUT2D eigenvalue weighted by atomic mass is 16.5. The fourth-order valence-electron chi connectivity index (χ4n) is 9.72. The number of pyridine rings is 1. The van der Waals surface area contributed by atoms with Gasteiger partial charge in [0.1, 0.15) is 17.3 Å². The molecule has 0 spiro atoms. The molecule has 0 radical (unpaired) electrons. The zero-order valence-corrected chi connectivity index (χ0v) is 41.2. The molecular formula is C59H70N4O. The van der Waals surface area contributed by atoms with Crippen molar-refractivity contribution in [3.8, 4) is 28.4 Å². The minimum absolute atomic E-state index is 0.119. The van der Waals surface area contributed by atoms with Gasteiger partial charge in [0.05, 0.1) is 17.7 Å². The van der Waals surface area contributed by atoms with Crippen molar-refractivity contribution >= 4 is 33.2 Å². The molecule has 0 N–H and O–H groups in total. The number of allylic oxidation sites excluding steroid dienone is 2. The molecule has 0 aliphatic carbocycles. The van der Waals surface area contributed by atoms with Crippen LogP contribution in [-0.2, 0) is 5.41 Å². The van der Waals surface area contributed by atoms with Crippen molar-refractivity contribution in [1.82, 2.24) is 9.55 Å². The maximum atomic E-state index is 7.02. The molecule has 1 aliphatic heterocycles. The van der Waals surface area contributed by atoms with Crippen LogP contribution < -0.4 is 14.5 Å². The average Bonchev–Trinajstić information content (AvgIpc) is 3.81. The number of anilines is 2. The second-order valence-electron chi connectivity index (χ2n) is 22.1. The van der Waals surface area contributed by atoms with Crippen LogP contribution in [0.2, 0.25) is 0 Å². The lowest BCUT2D eigenvalue weighted by molar-refractivity contribution is 0.444. The molecule has 8 rings (SSSR count). The highest BCUT2D eigenvalue weighted by molar-refractivity contribution is 6.09. The van der Waals surface area contributed by atoms with Crippen LogP contribution in [-0.4, -0.2) is 16.2 Å². The average molecular weight is 851 g/mol. The normalized spacial score (nSPS) is 14.1. The first-order valence-corrected chi connectivity index (χ1v) is 23.5. The van der Waals surface area contributed by atoms with E-state index in [4.69, 9.17) is 9.72 Å². The molecule has 0 saturated carbocycles. The monoisotopic (exact) mass is 851 g/mol. The van der Waals surface area contributed by atoms with Crippen LogP contribution in [0, 0.1) is 10.8 Å². The Morgan fingerprint density at radius 3 is 1.72 bits per heavy atom. The second kappa shape index (κ2) is 16.6. The highest BCUT2D eigenvalue weighted by Gasteiger charge is 2.42. The number of hydrogen-bond donors (Lipinski definition) is 0. The SMILES string of the molecule is CC(C)c1ccnc(-n2c3ccccc3c3ccc(Oc4cc(N5CN(c6ccc(-c7c(C(C)C)cccc7C(C)C)cc6)C(C(C)(C)C)=C5C(C)(C)C)cc(C(C)(C)C)c4)cc32)c1. The summed E-state index contributed by atoms with van der Waals surface area (Å²) in [4.78, 5) is 10.0. The zero-order chi connectivity index (χ0) is 46.0. The quantitative estimate of drug-likeness (QED) is 0.145. The van der Waals surface area contributed by atoms with Gasteiger partial charge < -0.3 is 14.5 Å². The Hall–Kier alpha value is -5.81. The fourth-order valence-corrected chi connectivity index (χ4v) is 9.72. The van der Waals surface area contributed by atoms with E-state index in [1.807, 2.05) is 6.20 Å². The molecule has 5 nitrogen and oxygen atoms in total. The third-order valence-corrected chi connectivity index (χ3v) is 12.9. The van der Waals surface area contributed by atoms with E-state index in [0.717, 1.165) is 34.0 Å². The molecule has 7 aromatic rings. The van der Waals surface area contributed by atoms with Crippen LogP contribution in [0.15, 0.2) is 133 Å². The highest BCUT2D eigenvalue weighted by Crippen LogP contribution is 2.49. The number of para-hydroxylation sites is 1. The summed E-state index contributed by atoms with van der Waals surface area (Å²) in [6.07, 6.45) is 1.93. The summed E-state index contributed by atoms with van der Waals surface area (Å²) in [7, 11) is 0. The third kappa shape index (κ3) is 8.47. The molecule has 0 saturated heterocycles. The minimum atomic E-state index is -0.155. The van der Waals surface area contributed by atoms with E-state index >= 15 is 0 Å². The molecule has 5 heteroatoms. The smallest absolute Gasteiger partial charge is 0.137 e. The Morgan fingerprint density at radius 1 is 0.516 bits per heavy atom. The number of nitrogens with zero attached hydrogens (tertiary/aromatic N) is 4. The Morgan fingerprint density at radius 2 is 1.12 bits per heavy atom. The summed E-state index contributed by atoms with van der Waals surface area (Å²) in [5.74, 6) is 3.78. The number of benzene rings is 5. The molecule has 0 bridgehead atoms. The van der Waals surface area contributed by atoms with E-state index in [1.165, 1.54) is 61.2 Å². The van der Waals surface area contributed by atoms with Crippen molar-refractivity contribution in [2.75, 3.05) is 16.5 Å². The molecule has 0 atom stereocenters. The predicted molar refractivity (Wildman–Crippen MR) is 274 cm³/mol. The van der Waals surface area contributed by atoms with Gasteiger partial charge in [-0.15, -0.1) is 0 Å². The Kier molecular flexibility index (Phi) is 11.6. The Bertz CT molecular complexity index is 2840. The Labute approximate surface area is 383 Å². The lowest BCUT2D eigenvalue weighted by Gasteiger charge is -2.34. The van der Waals surface area contributed by atoms with Crippen molar-refractivity contribution in [1.29, 1.82) is 0 Å². The lowest BCUT2D eigenvalue weighted by atomic mass is 9.81. The summed E-state index contributed by atoms with van der Waals surface area (Å²) in [5.41, 5.74) is 14.8. The van der Waals surface area contributed by atoms with Crippen LogP contribution in [0.25, 0.3) is 38.8 Å². The molecular weight excluding hydrogens is 781 g/mol. The molecule has 5 aromatic carbocycles. The second-order valence-corrected chi connectivity index (χ2v) is 22.1. The molecule has 3 heterocycles. The van der Waals surface area contributed by atoms with E-state index in [1.54, 1.807) is 0 Å². The van der Waals surface area contributed by atoms with Gasteiger partial charge in [0.25, 0.3) is 0 Å². The van der Waals surface area contributed by atoms with Gasteiger partial charge in [-0.2, -0.15) is 0 Å². The van der Waals surface area contributed by atoms with Crippen molar-refractivity contribution < 1.29 is 4.74 Å². The fraction of sp³-hybridized carbons (Fsp3) is 0.373. The summed E-state index contributed by atoms with van der Waals surface area (Å²) in [6.45, 7) is 35.4. The van der Waals surface area contributed by atoms with Gasteiger partial charge in [0.15, 0.2) is 0 Å². The number of fused-ring (bicyclic) bond motifs is 3. The number of aromatic nitrogens is 2. The van der Waals surface area contributed by atoms with Crippen LogP contribution in [0.4, 0.5) is 11.4 Å². The van der Waals surface area contributed by atoms with Gasteiger partial charge >= 0.3 is 0 Å². The molecule has 332 valence electrons. The van der Waals surface area contributed by atoms with Gasteiger partial charge in [0, 0.05) is 62.7 Å². The molecule has 0 amide bonds. The van der Waals surface area contributed by atoms with Crippen LogP contribution in [0.5, 0.6) is 11.5 Å². The molecule has 1 aliphatic rings. The van der Waals surface area contributed by atoms with Gasteiger partial charge in [-0.25, -0.2) is 4.98 Å². The largest absolute Gasteiger partial charge is 0.457 e. The summed E-state index contributed by atoms with van der Waals surface area (Å²) < 4.78 is 9.30. The standard InChI is InChI=1S/C59H70N4O/c1-37(2)41-29-30-60-53(31-41)63-51-22-17-16-19-49(51)50-28-27-45(35-52(50)63)64-46-33-42(57(7,8)9)32-44(34-46)62-36-61(55(58(10,11)12)56(62)59(13,14)15)43-25-23-40(24-26-43)54-47(38(3)4)20-18-21-48(54)39(5)6/h16-35,37-39H,36H2,1-15H3. The molecule has 2 aromatic heterocycles. The first-order chi connectivity index (χ1) is 30.1. The van der Waals surface area contributed by atoms with Gasteiger partial charge in [0.2, 0.25) is 0 Å². The van der Waals surface area contributed by atoms with Gasteiger partial charge in [-0.3, -0.25) is 4.57 Å². The lowest BCUT2D eigenvalue weighted by Crippen LogP contribution is -2.31. The summed E-state index contributed by atoms with van der Waals surface area (Å²) in [5, 5.41) is 2.37. The number of hydrogen-bond acceptors (Lipinski definition) is 4. The van der Waals surface area contributed by atoms with E-state index in [0.29, 0.717) is 24.4 Å². The zero-order valence-electron chi connectivity index (χ0n) is 41.2. The number of rotatable bonds is 9. The van der Waals surface area contributed by atoms with E-state index < -0.39 is 0 Å². The van der Waals surface area contributed by atoms with Crippen LogP contribution in [0.3, 0.4) is 0 Å². The third-order valence-electron chi connectivity index (χ3n) is 12.9. The van der Waals surface area contributed by atoms with E-state index in [9.17, 15) is 0 Å². The minimum Gasteiger partial charge on any atom is -0.457 e. The van der Waals surface area contributed by atoms with E-state index in [-0.39, 0.29) is 16.2 Å². The molecule has 0 unspecified atom stereocenters. The van der Waals surface area contributed by atoms with Crippen molar-refractivity contribution in [3.63, 3.8) is 0 Å². The maximum absolute atomic E-state index is 7.02. The maximum Gasteiger partial charge on any atom is 0.137 e. The first-order valence-electron chi connectivity index (χ1n) is 23.5. The van der Waals surface area contributed by atoms with Crippen LogP contribution in [0.1, 0.15) is 144 Å². The first kappa shape index (κ1) is 44.8. The molecule has 64 heavy (non-hydrogen) atoms. The van der Waals surface area contributed by atoms with Crippen LogP contribution >= 0.6 is 0 Å². The molecule has 0 fully saturated rings.